The Morgan fingerprint density at radius 3 is 2.33 bits per heavy atom. The topological polar surface area (TPSA) is 89.8 Å². The average Bonchev–Trinajstić information content (AvgIpc) is 2.39. The van der Waals surface area contributed by atoms with Crippen LogP contribution >= 0.6 is 27.5 Å². The quantitative estimate of drug-likeness (QED) is 0.631. The summed E-state index contributed by atoms with van der Waals surface area (Å²) in [6.07, 6.45) is 0. The van der Waals surface area contributed by atoms with E-state index in [9.17, 15) is 4.79 Å². The number of hydrogen-bond acceptors (Lipinski definition) is 4. The number of aliphatic hydroxyl groups excluding tert-OH is 3. The van der Waals surface area contributed by atoms with Crippen LogP contribution in [0.3, 0.4) is 0 Å². The molecule has 0 aliphatic rings. The SMILES string of the molecule is O=C(NC(CO)(CO)CO)c1cccc(Br)c1Cl. The van der Waals surface area contributed by atoms with Crippen LogP contribution in [0.4, 0.5) is 0 Å². The molecule has 18 heavy (non-hydrogen) atoms. The second kappa shape index (κ2) is 6.49. The van der Waals surface area contributed by atoms with Crippen molar-refractivity contribution in [1.29, 1.82) is 0 Å². The van der Waals surface area contributed by atoms with Gasteiger partial charge in [-0.15, -0.1) is 0 Å². The molecule has 100 valence electrons. The third kappa shape index (κ3) is 3.21. The molecule has 0 fully saturated rings. The first-order chi connectivity index (χ1) is 8.49. The second-order valence-electron chi connectivity index (χ2n) is 3.81. The largest absolute Gasteiger partial charge is 0.394 e. The lowest BCUT2D eigenvalue weighted by molar-refractivity contribution is 0.0375. The van der Waals surface area contributed by atoms with Gasteiger partial charge in [-0.25, -0.2) is 0 Å². The number of carbonyl (C=O) groups is 1. The van der Waals surface area contributed by atoms with Gasteiger partial charge in [0.1, 0.15) is 5.54 Å². The summed E-state index contributed by atoms with van der Waals surface area (Å²) in [4.78, 5) is 12.0. The first-order valence-corrected chi connectivity index (χ1v) is 6.26. The Balaban J connectivity index is 2.98. The molecule has 0 aromatic heterocycles. The maximum absolute atomic E-state index is 12.0. The van der Waals surface area contributed by atoms with Gasteiger partial charge >= 0.3 is 0 Å². The minimum Gasteiger partial charge on any atom is -0.394 e. The number of benzene rings is 1. The highest BCUT2D eigenvalue weighted by atomic mass is 79.9. The van der Waals surface area contributed by atoms with E-state index in [1.807, 2.05) is 0 Å². The van der Waals surface area contributed by atoms with Crippen molar-refractivity contribution < 1.29 is 20.1 Å². The summed E-state index contributed by atoms with van der Waals surface area (Å²) >= 11 is 9.14. The summed E-state index contributed by atoms with van der Waals surface area (Å²) < 4.78 is 0.555. The number of hydrogen-bond donors (Lipinski definition) is 4. The summed E-state index contributed by atoms with van der Waals surface area (Å²) in [5.74, 6) is -0.585. The molecule has 0 unspecified atom stereocenters. The van der Waals surface area contributed by atoms with Crippen LogP contribution in [0.1, 0.15) is 10.4 Å². The van der Waals surface area contributed by atoms with Crippen molar-refractivity contribution in [3.8, 4) is 0 Å². The highest BCUT2D eigenvalue weighted by Gasteiger charge is 2.31. The smallest absolute Gasteiger partial charge is 0.253 e. The van der Waals surface area contributed by atoms with Gasteiger partial charge in [0.05, 0.1) is 30.4 Å². The lowest BCUT2D eigenvalue weighted by Gasteiger charge is -2.28. The van der Waals surface area contributed by atoms with Crippen LogP contribution in [-0.2, 0) is 0 Å². The van der Waals surface area contributed by atoms with Crippen molar-refractivity contribution >= 4 is 33.4 Å². The fraction of sp³-hybridized carbons (Fsp3) is 0.364. The van der Waals surface area contributed by atoms with E-state index < -0.39 is 31.3 Å². The van der Waals surface area contributed by atoms with Gasteiger partial charge in [0.15, 0.2) is 0 Å². The van der Waals surface area contributed by atoms with Crippen molar-refractivity contribution in [3.63, 3.8) is 0 Å². The average molecular weight is 339 g/mol. The molecule has 0 spiro atoms. The highest BCUT2D eigenvalue weighted by Crippen LogP contribution is 2.26. The maximum atomic E-state index is 12.0. The van der Waals surface area contributed by atoms with Crippen LogP contribution in [-0.4, -0.2) is 46.6 Å². The van der Waals surface area contributed by atoms with Gasteiger partial charge in [-0.1, -0.05) is 17.7 Å². The fourth-order valence-electron chi connectivity index (χ4n) is 1.26. The van der Waals surface area contributed by atoms with Gasteiger partial charge in [0.2, 0.25) is 0 Å². The third-order valence-corrected chi connectivity index (χ3v) is 3.78. The minimum atomic E-state index is -1.47. The molecule has 1 amide bonds. The van der Waals surface area contributed by atoms with Crippen molar-refractivity contribution in [1.82, 2.24) is 5.32 Å². The molecule has 0 saturated heterocycles. The Bertz CT molecular complexity index is 429. The molecule has 0 atom stereocenters. The number of rotatable bonds is 5. The van der Waals surface area contributed by atoms with E-state index >= 15 is 0 Å². The number of amides is 1. The molecule has 0 radical (unpaired) electrons. The lowest BCUT2D eigenvalue weighted by atomic mass is 10.0. The second-order valence-corrected chi connectivity index (χ2v) is 5.04. The van der Waals surface area contributed by atoms with Crippen LogP contribution in [0, 0.1) is 0 Å². The van der Waals surface area contributed by atoms with E-state index in [2.05, 4.69) is 21.2 Å². The molecule has 7 heteroatoms. The van der Waals surface area contributed by atoms with Crippen molar-refractivity contribution in [2.45, 2.75) is 5.54 Å². The van der Waals surface area contributed by atoms with E-state index in [0.717, 1.165) is 0 Å². The van der Waals surface area contributed by atoms with Crippen LogP contribution in [0.5, 0.6) is 0 Å². The molecule has 0 bridgehead atoms. The molecule has 4 N–H and O–H groups in total. The normalized spacial score (nSPS) is 11.4. The van der Waals surface area contributed by atoms with E-state index in [1.165, 1.54) is 6.07 Å². The summed E-state index contributed by atoms with van der Waals surface area (Å²) in [7, 11) is 0. The summed E-state index contributed by atoms with van der Waals surface area (Å²) in [5, 5.41) is 29.9. The lowest BCUT2D eigenvalue weighted by Crippen LogP contribution is -2.57. The van der Waals surface area contributed by atoms with Crippen LogP contribution < -0.4 is 5.32 Å². The molecule has 0 heterocycles. The van der Waals surface area contributed by atoms with Gasteiger partial charge in [0, 0.05) is 4.47 Å². The van der Waals surface area contributed by atoms with Crippen LogP contribution in [0.25, 0.3) is 0 Å². The van der Waals surface area contributed by atoms with E-state index in [4.69, 9.17) is 26.9 Å². The standard InChI is InChI=1S/C11H13BrClNO4/c12-8-3-1-2-7(9(8)13)10(18)14-11(4-15,5-16)6-17/h1-3,15-17H,4-6H2,(H,14,18). The van der Waals surface area contributed by atoms with Crippen LogP contribution in [0.15, 0.2) is 22.7 Å². The molecule has 1 aromatic carbocycles. The number of halogens is 2. The monoisotopic (exact) mass is 337 g/mol. The van der Waals surface area contributed by atoms with Gasteiger partial charge < -0.3 is 20.6 Å². The molecule has 1 rings (SSSR count). The first-order valence-electron chi connectivity index (χ1n) is 5.09. The number of aliphatic hydroxyl groups is 3. The molecular weight excluding hydrogens is 325 g/mol. The molecule has 0 aliphatic heterocycles. The van der Waals surface area contributed by atoms with Gasteiger partial charge in [-0.3, -0.25) is 4.79 Å². The highest BCUT2D eigenvalue weighted by molar-refractivity contribution is 9.10. The zero-order valence-corrected chi connectivity index (χ0v) is 11.7. The minimum absolute atomic E-state index is 0.186. The van der Waals surface area contributed by atoms with Crippen LogP contribution in [0.2, 0.25) is 5.02 Å². The summed E-state index contributed by atoms with van der Waals surface area (Å²) in [6, 6.07) is 4.80. The van der Waals surface area contributed by atoms with E-state index in [0.29, 0.717) is 4.47 Å². The zero-order valence-electron chi connectivity index (χ0n) is 9.36. The first kappa shape index (κ1) is 15.4. The predicted octanol–water partition coefficient (Wildman–Crippen LogP) is 0.548. The molecule has 5 nitrogen and oxygen atoms in total. The van der Waals surface area contributed by atoms with Gasteiger partial charge in [-0.2, -0.15) is 0 Å². The Labute approximate surface area is 118 Å². The van der Waals surface area contributed by atoms with Crippen molar-refractivity contribution in [2.75, 3.05) is 19.8 Å². The van der Waals surface area contributed by atoms with E-state index in [-0.39, 0.29) is 10.6 Å². The maximum Gasteiger partial charge on any atom is 0.253 e. The third-order valence-electron chi connectivity index (χ3n) is 2.48. The Kier molecular flexibility index (Phi) is 5.55. The molecule has 1 aromatic rings. The Morgan fingerprint density at radius 2 is 1.83 bits per heavy atom. The molecule has 0 saturated carbocycles. The van der Waals surface area contributed by atoms with Gasteiger partial charge in [-0.05, 0) is 28.1 Å². The van der Waals surface area contributed by atoms with Gasteiger partial charge in [0.25, 0.3) is 5.91 Å². The zero-order chi connectivity index (χ0) is 13.8. The molecule has 0 aliphatic carbocycles. The molecular formula is C11H13BrClNO4. The number of carbonyl (C=O) groups excluding carboxylic acids is 1. The predicted molar refractivity (Wildman–Crippen MR) is 70.6 cm³/mol. The number of nitrogens with one attached hydrogen (secondary N) is 1. The summed E-state index contributed by atoms with van der Waals surface area (Å²) in [5.41, 5.74) is -1.28. The Hall–Kier alpha value is -0.660. The summed E-state index contributed by atoms with van der Waals surface area (Å²) in [6.45, 7) is -1.76. The Morgan fingerprint density at radius 1 is 1.28 bits per heavy atom. The fourth-order valence-corrected chi connectivity index (χ4v) is 1.83. The van der Waals surface area contributed by atoms with Crippen molar-refractivity contribution in [2.24, 2.45) is 0 Å². The van der Waals surface area contributed by atoms with Crippen molar-refractivity contribution in [3.05, 3.63) is 33.3 Å². The van der Waals surface area contributed by atoms with E-state index in [1.54, 1.807) is 12.1 Å².